The topological polar surface area (TPSA) is 83.2 Å². The zero-order valence-electron chi connectivity index (χ0n) is 19.6. The number of fused-ring (bicyclic) bond motifs is 2. The smallest absolute Gasteiger partial charge is 0.349 e. The molecule has 5 rings (SSSR count). The Morgan fingerprint density at radius 3 is 2.59 bits per heavy atom. The highest BCUT2D eigenvalue weighted by molar-refractivity contribution is 7.20. The Kier molecular flexibility index (Phi) is 5.48. The van der Waals surface area contributed by atoms with E-state index in [1.54, 1.807) is 11.5 Å². The number of esters is 1. The van der Waals surface area contributed by atoms with Gasteiger partial charge in [-0.1, -0.05) is 17.7 Å². The summed E-state index contributed by atoms with van der Waals surface area (Å²) in [5, 5.41) is 0.468. The van der Waals surface area contributed by atoms with Crippen molar-refractivity contribution in [3.8, 4) is 5.69 Å². The third-order valence-corrected chi connectivity index (χ3v) is 7.62. The van der Waals surface area contributed by atoms with Crippen LogP contribution in [0.1, 0.15) is 54.8 Å². The lowest BCUT2D eigenvalue weighted by molar-refractivity contribution is 0.0479. The van der Waals surface area contributed by atoms with Gasteiger partial charge in [0.15, 0.2) is 6.61 Å². The summed E-state index contributed by atoms with van der Waals surface area (Å²) in [5.74, 6) is -0.112. The minimum absolute atomic E-state index is 0.107. The van der Waals surface area contributed by atoms with Crippen molar-refractivity contribution < 1.29 is 14.3 Å². The molecule has 0 saturated heterocycles. The maximum absolute atomic E-state index is 12.9. The predicted octanol–water partition coefficient (Wildman–Crippen LogP) is 4.47. The first-order valence-electron chi connectivity index (χ1n) is 11.3. The lowest BCUT2D eigenvalue weighted by Gasteiger charge is -2.10. The van der Waals surface area contributed by atoms with Crippen LogP contribution in [0.15, 0.2) is 35.1 Å². The molecule has 1 aliphatic heterocycles. The number of aryl methyl sites for hydroxylation is 4. The molecule has 0 amide bonds. The highest BCUT2D eigenvalue weighted by Crippen LogP contribution is 2.29. The van der Waals surface area contributed by atoms with E-state index in [1.807, 2.05) is 55.7 Å². The number of hydrogen-bond acceptors (Lipinski definition) is 6. The van der Waals surface area contributed by atoms with E-state index in [4.69, 9.17) is 4.74 Å². The number of nitrogens with zero attached hydrogens (tertiary/aromatic N) is 3. The van der Waals surface area contributed by atoms with Crippen molar-refractivity contribution in [3.63, 3.8) is 0 Å². The van der Waals surface area contributed by atoms with Crippen LogP contribution in [0.4, 0.5) is 0 Å². The average molecular weight is 476 g/mol. The van der Waals surface area contributed by atoms with Gasteiger partial charge in [0.1, 0.15) is 15.5 Å². The Hall–Kier alpha value is -3.52. The number of ether oxygens (including phenoxy) is 1. The van der Waals surface area contributed by atoms with Gasteiger partial charge < -0.3 is 9.30 Å². The van der Waals surface area contributed by atoms with Gasteiger partial charge in [-0.25, -0.2) is 9.78 Å². The normalized spacial score (nSPS) is 12.8. The van der Waals surface area contributed by atoms with Crippen LogP contribution in [0, 0.1) is 27.7 Å². The molecule has 0 N–H and O–H groups in total. The van der Waals surface area contributed by atoms with Crippen LogP contribution in [-0.2, 0) is 17.7 Å². The monoisotopic (exact) mass is 475 g/mol. The largest absolute Gasteiger partial charge is 0.453 e. The van der Waals surface area contributed by atoms with Crippen molar-refractivity contribution >= 4 is 33.3 Å². The van der Waals surface area contributed by atoms with Gasteiger partial charge in [-0.05, 0) is 57.9 Å². The minimum Gasteiger partial charge on any atom is -0.453 e. The zero-order chi connectivity index (χ0) is 24.1. The number of thiophene rings is 1. The molecule has 7 nitrogen and oxygen atoms in total. The summed E-state index contributed by atoms with van der Waals surface area (Å²) in [7, 11) is 0. The molecule has 0 unspecified atom stereocenters. The van der Waals surface area contributed by atoms with Crippen LogP contribution in [0.3, 0.4) is 0 Å². The van der Waals surface area contributed by atoms with Crippen LogP contribution >= 0.6 is 11.3 Å². The van der Waals surface area contributed by atoms with Crippen molar-refractivity contribution in [2.75, 3.05) is 6.61 Å². The van der Waals surface area contributed by atoms with Crippen molar-refractivity contribution in [1.29, 1.82) is 0 Å². The number of hydrogen-bond donors (Lipinski definition) is 0. The molecule has 0 fully saturated rings. The number of ketones is 1. The Bertz CT molecular complexity index is 1520. The Balaban J connectivity index is 1.37. The van der Waals surface area contributed by atoms with Gasteiger partial charge in [0, 0.05) is 35.6 Å². The van der Waals surface area contributed by atoms with Gasteiger partial charge in [0.25, 0.3) is 5.56 Å². The third-order valence-electron chi connectivity index (χ3n) is 6.45. The molecule has 0 radical (unpaired) electrons. The van der Waals surface area contributed by atoms with Gasteiger partial charge in [-0.3, -0.25) is 14.2 Å². The fourth-order valence-electron chi connectivity index (χ4n) is 4.68. The zero-order valence-corrected chi connectivity index (χ0v) is 20.4. The molecule has 0 bridgehead atoms. The van der Waals surface area contributed by atoms with Crippen LogP contribution in [-0.4, -0.2) is 32.5 Å². The van der Waals surface area contributed by atoms with Gasteiger partial charge in [-0.15, -0.1) is 11.3 Å². The summed E-state index contributed by atoms with van der Waals surface area (Å²) in [4.78, 5) is 44.1. The van der Waals surface area contributed by atoms with E-state index in [1.165, 1.54) is 0 Å². The lowest BCUT2D eigenvalue weighted by Crippen LogP contribution is -2.20. The first-order valence-corrected chi connectivity index (χ1v) is 12.1. The van der Waals surface area contributed by atoms with Gasteiger partial charge >= 0.3 is 5.97 Å². The van der Waals surface area contributed by atoms with Crippen LogP contribution in [0.2, 0.25) is 0 Å². The molecule has 1 aromatic carbocycles. The summed E-state index contributed by atoms with van der Waals surface area (Å²) in [6, 6.07) is 9.91. The van der Waals surface area contributed by atoms with E-state index >= 15 is 0 Å². The maximum Gasteiger partial charge on any atom is 0.349 e. The molecule has 174 valence electrons. The van der Waals surface area contributed by atoms with Crippen molar-refractivity contribution in [2.24, 2.45) is 0 Å². The van der Waals surface area contributed by atoms with E-state index in [0.717, 1.165) is 52.6 Å². The molecular formula is C26H25N3O4S. The number of aromatic nitrogens is 3. The minimum atomic E-state index is -0.606. The first-order chi connectivity index (χ1) is 16.3. The second-order valence-corrected chi connectivity index (χ2v) is 9.78. The summed E-state index contributed by atoms with van der Waals surface area (Å²) >= 11 is 1.15. The van der Waals surface area contributed by atoms with Crippen LogP contribution in [0.25, 0.3) is 15.9 Å². The van der Waals surface area contributed by atoms with Crippen molar-refractivity contribution in [3.05, 3.63) is 79.5 Å². The fraction of sp³-hybridized carbons (Fsp3) is 0.308. The van der Waals surface area contributed by atoms with Crippen LogP contribution < -0.4 is 5.56 Å². The SMILES string of the molecule is Cc1ccc(-n2c(C)cc(C(=O)COC(=O)c3sc4nc5n(c(=O)c4c3C)CCC5)c2C)cc1. The predicted molar refractivity (Wildman–Crippen MR) is 132 cm³/mol. The molecule has 0 saturated carbocycles. The third kappa shape index (κ3) is 3.58. The van der Waals surface area contributed by atoms with E-state index in [0.29, 0.717) is 32.8 Å². The second-order valence-electron chi connectivity index (χ2n) is 8.78. The number of Topliss-reactive ketones (excluding diaryl/α,β-unsaturated/α-hetero) is 1. The number of carbonyl (C=O) groups excluding carboxylic acids is 2. The molecule has 4 aromatic rings. The Morgan fingerprint density at radius 1 is 1.12 bits per heavy atom. The first kappa shape index (κ1) is 22.3. The summed E-state index contributed by atoms with van der Waals surface area (Å²) in [6.45, 7) is 7.88. The molecule has 34 heavy (non-hydrogen) atoms. The summed E-state index contributed by atoms with van der Waals surface area (Å²) in [5.41, 5.74) is 4.84. The average Bonchev–Trinajstić information content (AvgIpc) is 3.49. The Labute approximate surface area is 200 Å². The van der Waals surface area contributed by atoms with Gasteiger partial charge in [0.05, 0.1) is 5.39 Å². The maximum atomic E-state index is 12.9. The number of benzene rings is 1. The molecule has 4 heterocycles. The van der Waals surface area contributed by atoms with Crippen LogP contribution in [0.5, 0.6) is 0 Å². The van der Waals surface area contributed by atoms with E-state index in [-0.39, 0.29) is 17.9 Å². The number of carbonyl (C=O) groups is 2. The summed E-state index contributed by atoms with van der Waals surface area (Å²) < 4.78 is 9.10. The van der Waals surface area contributed by atoms with E-state index in [2.05, 4.69) is 4.98 Å². The van der Waals surface area contributed by atoms with Crippen molar-refractivity contribution in [2.45, 2.75) is 47.1 Å². The molecule has 0 atom stereocenters. The van der Waals surface area contributed by atoms with Gasteiger partial charge in [-0.2, -0.15) is 0 Å². The molecular weight excluding hydrogens is 450 g/mol. The summed E-state index contributed by atoms with van der Waals surface area (Å²) in [6.07, 6.45) is 1.66. The quantitative estimate of drug-likeness (QED) is 0.314. The lowest BCUT2D eigenvalue weighted by atomic mass is 10.1. The molecule has 8 heteroatoms. The molecule has 0 spiro atoms. The molecule has 1 aliphatic rings. The Morgan fingerprint density at radius 2 is 1.85 bits per heavy atom. The van der Waals surface area contributed by atoms with Crippen molar-refractivity contribution in [1.82, 2.24) is 14.1 Å². The highest BCUT2D eigenvalue weighted by Gasteiger charge is 2.25. The molecule has 3 aromatic heterocycles. The number of rotatable bonds is 5. The van der Waals surface area contributed by atoms with E-state index < -0.39 is 5.97 Å². The van der Waals surface area contributed by atoms with E-state index in [9.17, 15) is 14.4 Å². The fourth-order valence-corrected chi connectivity index (χ4v) is 5.76. The van der Waals surface area contributed by atoms with Gasteiger partial charge in [0.2, 0.25) is 5.78 Å². The standard InChI is InChI=1S/C26H25N3O4S/c1-14-7-9-18(10-8-14)29-15(2)12-19(17(29)4)20(30)13-33-26(32)23-16(3)22-24(34-23)27-21-6-5-11-28(21)25(22)31/h7-10,12H,5-6,11,13H2,1-4H3. The molecule has 0 aliphatic carbocycles. The second kappa shape index (κ2) is 8.36. The highest BCUT2D eigenvalue weighted by atomic mass is 32.1.